The van der Waals surface area contributed by atoms with E-state index in [4.69, 9.17) is 18.9 Å². The number of fused-ring (bicyclic) bond motifs is 2. The van der Waals surface area contributed by atoms with E-state index in [1.54, 1.807) is 42.5 Å². The van der Waals surface area contributed by atoms with E-state index in [1.165, 1.54) is 18.2 Å². The zero-order chi connectivity index (χ0) is 24.0. The molecule has 2 N–H and O–H groups in total. The van der Waals surface area contributed by atoms with Crippen LogP contribution in [-0.2, 0) is 10.0 Å². The van der Waals surface area contributed by atoms with Gasteiger partial charge >= 0.3 is 0 Å². The smallest absolute Gasteiger partial charge is 0.261 e. The molecule has 1 saturated carbocycles. The zero-order valence-corrected chi connectivity index (χ0v) is 19.4. The van der Waals surface area contributed by atoms with E-state index >= 15 is 0 Å². The predicted octanol–water partition coefficient (Wildman–Crippen LogP) is 4.51. The van der Waals surface area contributed by atoms with Crippen LogP contribution in [0.4, 0.5) is 11.4 Å². The lowest BCUT2D eigenvalue weighted by Crippen LogP contribution is -2.34. The molecule has 1 aliphatic carbocycles. The van der Waals surface area contributed by atoms with Gasteiger partial charge in [-0.1, -0.05) is 6.07 Å². The molecule has 0 bridgehead atoms. The van der Waals surface area contributed by atoms with Crippen molar-refractivity contribution < 1.29 is 32.2 Å². The maximum atomic E-state index is 12.9. The average Bonchev–Trinajstić information content (AvgIpc) is 3.58. The molecule has 3 aromatic rings. The quantitative estimate of drug-likeness (QED) is 0.537. The van der Waals surface area contributed by atoms with Crippen LogP contribution in [0.1, 0.15) is 36.0 Å². The standard InChI is InChI=1S/C25H22N2O7S/c28-24(26-17-6-9-21-23(13-17)34-25(33-21)10-1-2-11-25)16-4-3-5-19(12-16)35(29,30)27-18-7-8-20-22(14-18)32-15-31-20/h3-9,12-14,27H,1-2,10-11,15H2,(H,26,28). The first kappa shape index (κ1) is 21.6. The Kier molecular flexibility index (Phi) is 4.99. The Morgan fingerprint density at radius 3 is 2.37 bits per heavy atom. The van der Waals surface area contributed by atoms with Gasteiger partial charge in [-0.25, -0.2) is 8.42 Å². The van der Waals surface area contributed by atoms with Crippen molar-refractivity contribution in [2.24, 2.45) is 0 Å². The molecule has 35 heavy (non-hydrogen) atoms. The predicted molar refractivity (Wildman–Crippen MR) is 127 cm³/mol. The van der Waals surface area contributed by atoms with E-state index in [9.17, 15) is 13.2 Å². The molecule has 0 radical (unpaired) electrons. The first-order valence-electron chi connectivity index (χ1n) is 11.3. The molecule has 0 saturated heterocycles. The Bertz CT molecular complexity index is 1430. The number of amides is 1. The summed E-state index contributed by atoms with van der Waals surface area (Å²) in [6, 6.07) is 15.8. The van der Waals surface area contributed by atoms with E-state index in [2.05, 4.69) is 10.0 Å². The lowest BCUT2D eigenvalue weighted by atomic mass is 10.2. The van der Waals surface area contributed by atoms with E-state index in [0.717, 1.165) is 25.7 Å². The summed E-state index contributed by atoms with van der Waals surface area (Å²) in [5.41, 5.74) is 1.05. The summed E-state index contributed by atoms with van der Waals surface area (Å²) < 4.78 is 51.0. The van der Waals surface area contributed by atoms with Crippen molar-refractivity contribution in [3.05, 3.63) is 66.2 Å². The van der Waals surface area contributed by atoms with Gasteiger partial charge in [-0.15, -0.1) is 0 Å². The molecule has 1 spiro atoms. The molecule has 10 heteroatoms. The highest BCUT2D eigenvalue weighted by molar-refractivity contribution is 7.92. The Hall–Kier alpha value is -3.92. The monoisotopic (exact) mass is 494 g/mol. The number of nitrogens with one attached hydrogen (secondary N) is 2. The van der Waals surface area contributed by atoms with Gasteiger partial charge in [-0.05, 0) is 55.3 Å². The topological polar surface area (TPSA) is 112 Å². The molecule has 1 fully saturated rings. The first-order chi connectivity index (χ1) is 16.9. The molecule has 3 aromatic carbocycles. The van der Waals surface area contributed by atoms with Crippen molar-refractivity contribution >= 4 is 27.3 Å². The fourth-order valence-electron chi connectivity index (χ4n) is 4.47. The maximum Gasteiger partial charge on any atom is 0.261 e. The van der Waals surface area contributed by atoms with Crippen LogP contribution >= 0.6 is 0 Å². The van der Waals surface area contributed by atoms with Gasteiger partial charge in [0.25, 0.3) is 21.7 Å². The molecule has 6 rings (SSSR count). The van der Waals surface area contributed by atoms with Gasteiger partial charge in [0.05, 0.1) is 10.6 Å². The van der Waals surface area contributed by atoms with Gasteiger partial charge in [0, 0.05) is 36.2 Å². The van der Waals surface area contributed by atoms with Gasteiger partial charge in [-0.2, -0.15) is 0 Å². The second-order valence-electron chi connectivity index (χ2n) is 8.64. The van der Waals surface area contributed by atoms with Gasteiger partial charge in [0.15, 0.2) is 23.0 Å². The van der Waals surface area contributed by atoms with Crippen LogP contribution in [0.25, 0.3) is 0 Å². The molecule has 0 unspecified atom stereocenters. The van der Waals surface area contributed by atoms with E-state index < -0.39 is 21.7 Å². The zero-order valence-electron chi connectivity index (χ0n) is 18.6. The summed E-state index contributed by atoms with van der Waals surface area (Å²) in [6.07, 6.45) is 3.79. The minimum Gasteiger partial charge on any atom is -0.454 e. The third kappa shape index (κ3) is 4.10. The molecule has 1 amide bonds. The van der Waals surface area contributed by atoms with Gasteiger partial charge in [0.1, 0.15) is 0 Å². The van der Waals surface area contributed by atoms with Crippen LogP contribution in [0.2, 0.25) is 0 Å². The Labute approximate surface area is 202 Å². The lowest BCUT2D eigenvalue weighted by molar-refractivity contribution is -0.0716. The van der Waals surface area contributed by atoms with Gasteiger partial charge < -0.3 is 24.3 Å². The van der Waals surface area contributed by atoms with Crippen molar-refractivity contribution in [3.8, 4) is 23.0 Å². The van der Waals surface area contributed by atoms with Crippen LogP contribution in [0.15, 0.2) is 65.6 Å². The molecule has 2 aliphatic heterocycles. The lowest BCUT2D eigenvalue weighted by Gasteiger charge is -2.21. The summed E-state index contributed by atoms with van der Waals surface area (Å²) in [4.78, 5) is 12.9. The molecule has 2 heterocycles. The highest BCUT2D eigenvalue weighted by Crippen LogP contribution is 2.47. The highest BCUT2D eigenvalue weighted by atomic mass is 32.2. The number of carbonyl (C=O) groups excluding carboxylic acids is 1. The summed E-state index contributed by atoms with van der Waals surface area (Å²) in [5, 5.41) is 2.80. The number of benzene rings is 3. The van der Waals surface area contributed by atoms with Crippen LogP contribution < -0.4 is 29.0 Å². The van der Waals surface area contributed by atoms with Gasteiger partial charge in [0.2, 0.25) is 6.79 Å². The Balaban J connectivity index is 1.18. The molecule has 180 valence electrons. The van der Waals surface area contributed by atoms with Crippen molar-refractivity contribution in [1.82, 2.24) is 0 Å². The van der Waals surface area contributed by atoms with Crippen molar-refractivity contribution in [3.63, 3.8) is 0 Å². The van der Waals surface area contributed by atoms with E-state index in [1.807, 2.05) is 0 Å². The fraction of sp³-hybridized carbons (Fsp3) is 0.240. The molecule has 0 atom stereocenters. The van der Waals surface area contributed by atoms with Crippen LogP contribution in [0.5, 0.6) is 23.0 Å². The first-order valence-corrected chi connectivity index (χ1v) is 12.7. The summed E-state index contributed by atoms with van der Waals surface area (Å²) >= 11 is 0. The number of carbonyl (C=O) groups is 1. The number of ether oxygens (including phenoxy) is 4. The third-order valence-electron chi connectivity index (χ3n) is 6.19. The maximum absolute atomic E-state index is 12.9. The SMILES string of the molecule is O=C(Nc1ccc2c(c1)OC1(CCCC1)O2)c1cccc(S(=O)(=O)Nc2ccc3c(c2)OCO3)c1. The van der Waals surface area contributed by atoms with Crippen LogP contribution in [0.3, 0.4) is 0 Å². The van der Waals surface area contributed by atoms with E-state index in [0.29, 0.717) is 34.4 Å². The van der Waals surface area contributed by atoms with Crippen molar-refractivity contribution in [1.29, 1.82) is 0 Å². The Morgan fingerprint density at radius 2 is 1.51 bits per heavy atom. The highest BCUT2D eigenvalue weighted by Gasteiger charge is 2.44. The van der Waals surface area contributed by atoms with Crippen molar-refractivity contribution in [2.75, 3.05) is 16.8 Å². The molecular formula is C25H22N2O7S. The number of hydrogen-bond acceptors (Lipinski definition) is 7. The number of sulfonamides is 1. The molecule has 0 aromatic heterocycles. The summed E-state index contributed by atoms with van der Waals surface area (Å²) in [5.74, 6) is 1.23. The van der Waals surface area contributed by atoms with Crippen LogP contribution in [-0.4, -0.2) is 26.9 Å². The molecular weight excluding hydrogens is 472 g/mol. The average molecular weight is 495 g/mol. The summed E-state index contributed by atoms with van der Waals surface area (Å²) in [7, 11) is -3.94. The molecule has 3 aliphatic rings. The fourth-order valence-corrected chi connectivity index (χ4v) is 5.57. The normalized spacial score (nSPS) is 16.9. The van der Waals surface area contributed by atoms with Gasteiger partial charge in [-0.3, -0.25) is 9.52 Å². The summed E-state index contributed by atoms with van der Waals surface area (Å²) in [6.45, 7) is 0.0902. The van der Waals surface area contributed by atoms with Crippen molar-refractivity contribution in [2.45, 2.75) is 36.4 Å². The second-order valence-corrected chi connectivity index (χ2v) is 10.3. The number of anilines is 2. The largest absolute Gasteiger partial charge is 0.454 e. The van der Waals surface area contributed by atoms with Crippen LogP contribution in [0, 0.1) is 0 Å². The second kappa shape index (κ2) is 8.09. The molecule has 9 nitrogen and oxygen atoms in total. The van der Waals surface area contributed by atoms with E-state index in [-0.39, 0.29) is 17.3 Å². The minimum absolute atomic E-state index is 0.0447. The Morgan fingerprint density at radius 1 is 0.800 bits per heavy atom. The third-order valence-corrected chi connectivity index (χ3v) is 7.57. The number of rotatable bonds is 5. The number of hydrogen-bond donors (Lipinski definition) is 2. The minimum atomic E-state index is -3.94.